The molecule has 1 nitrogen and oxygen atoms in total. The lowest BCUT2D eigenvalue weighted by atomic mass is 10.0. The summed E-state index contributed by atoms with van der Waals surface area (Å²) in [5.74, 6) is 0.792. The molecule has 0 aliphatic carbocycles. The van der Waals surface area contributed by atoms with Crippen LogP contribution in [0.25, 0.3) is 0 Å². The molecule has 0 aromatic heterocycles. The zero-order valence-electron chi connectivity index (χ0n) is 9.52. The van der Waals surface area contributed by atoms with E-state index >= 15 is 0 Å². The molecule has 0 radical (unpaired) electrons. The van der Waals surface area contributed by atoms with Gasteiger partial charge >= 0.3 is 0 Å². The topological polar surface area (TPSA) is 9.23 Å². The highest BCUT2D eigenvalue weighted by Crippen LogP contribution is 2.09. The first-order valence-electron chi connectivity index (χ1n) is 5.25. The lowest BCUT2D eigenvalue weighted by Crippen LogP contribution is -2.05. The molecule has 0 aliphatic heterocycles. The molecular weight excluding hydrogens is 148 g/mol. The van der Waals surface area contributed by atoms with Crippen molar-refractivity contribution in [2.45, 2.75) is 53.4 Å². The van der Waals surface area contributed by atoms with Crippen molar-refractivity contribution in [3.8, 4) is 0 Å². The SMILES string of the molecule is CCC.CCCC(CC)COC. The number of rotatable bonds is 5. The Kier molecular flexibility index (Phi) is 16.3. The molecule has 0 spiro atoms. The molecule has 0 rings (SSSR count). The van der Waals surface area contributed by atoms with E-state index < -0.39 is 0 Å². The second-order valence-corrected chi connectivity index (χ2v) is 3.23. The summed E-state index contributed by atoms with van der Waals surface area (Å²) in [6.07, 6.45) is 5.09. The van der Waals surface area contributed by atoms with Crippen molar-refractivity contribution in [3.05, 3.63) is 0 Å². The summed E-state index contributed by atoms with van der Waals surface area (Å²) in [5, 5.41) is 0. The minimum absolute atomic E-state index is 0.792. The molecule has 1 heteroatoms. The zero-order chi connectivity index (χ0) is 9.82. The van der Waals surface area contributed by atoms with Gasteiger partial charge < -0.3 is 4.74 Å². The molecule has 1 unspecified atom stereocenters. The Morgan fingerprint density at radius 3 is 1.83 bits per heavy atom. The van der Waals surface area contributed by atoms with Crippen molar-refractivity contribution in [2.24, 2.45) is 5.92 Å². The standard InChI is InChI=1S/C8H18O.C3H8/c1-4-6-8(5-2)7-9-3;1-3-2/h8H,4-7H2,1-3H3;3H2,1-2H3. The van der Waals surface area contributed by atoms with Gasteiger partial charge in [-0.3, -0.25) is 0 Å². The van der Waals surface area contributed by atoms with Crippen molar-refractivity contribution >= 4 is 0 Å². The van der Waals surface area contributed by atoms with Crippen LogP contribution in [0.5, 0.6) is 0 Å². The smallest absolute Gasteiger partial charge is 0.0490 e. The van der Waals surface area contributed by atoms with Crippen LogP contribution in [0.3, 0.4) is 0 Å². The van der Waals surface area contributed by atoms with Crippen molar-refractivity contribution in [1.29, 1.82) is 0 Å². The van der Waals surface area contributed by atoms with E-state index in [-0.39, 0.29) is 0 Å². The zero-order valence-corrected chi connectivity index (χ0v) is 9.52. The number of methoxy groups -OCH3 is 1. The van der Waals surface area contributed by atoms with Gasteiger partial charge in [0, 0.05) is 13.7 Å². The van der Waals surface area contributed by atoms with Gasteiger partial charge in [0.25, 0.3) is 0 Å². The van der Waals surface area contributed by atoms with E-state index in [0.717, 1.165) is 12.5 Å². The summed E-state index contributed by atoms with van der Waals surface area (Å²) >= 11 is 0. The van der Waals surface area contributed by atoms with Crippen molar-refractivity contribution in [2.75, 3.05) is 13.7 Å². The van der Waals surface area contributed by atoms with Crippen LogP contribution in [-0.2, 0) is 4.74 Å². The molecule has 0 N–H and O–H groups in total. The Bertz CT molecular complexity index is 56.0. The molecule has 12 heavy (non-hydrogen) atoms. The van der Waals surface area contributed by atoms with Gasteiger partial charge in [0.1, 0.15) is 0 Å². The fourth-order valence-corrected chi connectivity index (χ4v) is 1.05. The Morgan fingerprint density at radius 2 is 1.58 bits per heavy atom. The summed E-state index contributed by atoms with van der Waals surface area (Å²) in [7, 11) is 1.78. The van der Waals surface area contributed by atoms with Gasteiger partial charge in [0.05, 0.1) is 0 Å². The van der Waals surface area contributed by atoms with E-state index in [4.69, 9.17) is 4.74 Å². The molecular formula is C11H26O. The molecule has 76 valence electrons. The molecule has 1 atom stereocenters. The quantitative estimate of drug-likeness (QED) is 0.614. The predicted molar refractivity (Wildman–Crippen MR) is 56.5 cm³/mol. The molecule has 0 aromatic rings. The highest BCUT2D eigenvalue weighted by Gasteiger charge is 2.02. The number of hydrogen-bond donors (Lipinski definition) is 0. The van der Waals surface area contributed by atoms with Crippen LogP contribution < -0.4 is 0 Å². The summed E-state index contributed by atoms with van der Waals surface area (Å²) in [5.41, 5.74) is 0. The monoisotopic (exact) mass is 174 g/mol. The van der Waals surface area contributed by atoms with Crippen molar-refractivity contribution < 1.29 is 4.74 Å². The predicted octanol–water partition coefficient (Wildman–Crippen LogP) is 3.88. The van der Waals surface area contributed by atoms with Crippen LogP contribution in [-0.4, -0.2) is 13.7 Å². The Labute approximate surface area is 78.5 Å². The molecule has 0 fully saturated rings. The van der Waals surface area contributed by atoms with Gasteiger partial charge in [-0.1, -0.05) is 47.0 Å². The average Bonchev–Trinajstić information content (AvgIpc) is 2.05. The van der Waals surface area contributed by atoms with E-state index in [9.17, 15) is 0 Å². The fraction of sp³-hybridized carbons (Fsp3) is 1.00. The van der Waals surface area contributed by atoms with Gasteiger partial charge in [0.15, 0.2) is 0 Å². The third kappa shape index (κ3) is 12.6. The molecule has 0 saturated heterocycles. The van der Waals surface area contributed by atoms with E-state index in [0.29, 0.717) is 0 Å². The highest BCUT2D eigenvalue weighted by molar-refractivity contribution is 4.53. The minimum Gasteiger partial charge on any atom is -0.384 e. The Morgan fingerprint density at radius 1 is 1.08 bits per heavy atom. The van der Waals surface area contributed by atoms with Gasteiger partial charge in [-0.05, 0) is 12.3 Å². The number of hydrogen-bond acceptors (Lipinski definition) is 1. The first-order chi connectivity index (χ1) is 5.76. The van der Waals surface area contributed by atoms with E-state index in [1.54, 1.807) is 7.11 Å². The van der Waals surface area contributed by atoms with Crippen LogP contribution >= 0.6 is 0 Å². The van der Waals surface area contributed by atoms with E-state index in [2.05, 4.69) is 27.7 Å². The second kappa shape index (κ2) is 13.5. The Balaban J connectivity index is 0. The van der Waals surface area contributed by atoms with Crippen LogP contribution in [0.4, 0.5) is 0 Å². The summed E-state index contributed by atoms with van der Waals surface area (Å²) < 4.78 is 5.05. The van der Waals surface area contributed by atoms with Crippen molar-refractivity contribution in [3.63, 3.8) is 0 Å². The normalized spacial score (nSPS) is 11.8. The highest BCUT2D eigenvalue weighted by atomic mass is 16.5. The van der Waals surface area contributed by atoms with Crippen molar-refractivity contribution in [1.82, 2.24) is 0 Å². The van der Waals surface area contributed by atoms with Crippen LogP contribution in [0.2, 0.25) is 0 Å². The van der Waals surface area contributed by atoms with Crippen LogP contribution in [0, 0.1) is 5.92 Å². The molecule has 0 aliphatic rings. The van der Waals surface area contributed by atoms with Gasteiger partial charge in [0.2, 0.25) is 0 Å². The third-order valence-electron chi connectivity index (χ3n) is 1.68. The Hall–Kier alpha value is -0.0400. The first kappa shape index (κ1) is 14.5. The third-order valence-corrected chi connectivity index (χ3v) is 1.68. The maximum Gasteiger partial charge on any atom is 0.0490 e. The lowest BCUT2D eigenvalue weighted by Gasteiger charge is -2.10. The average molecular weight is 174 g/mol. The fourth-order valence-electron chi connectivity index (χ4n) is 1.05. The van der Waals surface area contributed by atoms with E-state index in [1.165, 1.54) is 25.7 Å². The van der Waals surface area contributed by atoms with Crippen LogP contribution in [0.1, 0.15) is 53.4 Å². The van der Waals surface area contributed by atoms with Gasteiger partial charge in [-0.25, -0.2) is 0 Å². The van der Waals surface area contributed by atoms with Gasteiger partial charge in [-0.2, -0.15) is 0 Å². The molecule has 0 amide bonds. The van der Waals surface area contributed by atoms with E-state index in [1.807, 2.05) is 0 Å². The van der Waals surface area contributed by atoms with Gasteiger partial charge in [-0.15, -0.1) is 0 Å². The molecule has 0 saturated carbocycles. The largest absolute Gasteiger partial charge is 0.384 e. The maximum atomic E-state index is 5.05. The van der Waals surface area contributed by atoms with Crippen LogP contribution in [0.15, 0.2) is 0 Å². The number of ether oxygens (including phenoxy) is 1. The first-order valence-corrected chi connectivity index (χ1v) is 5.25. The maximum absolute atomic E-state index is 5.05. The summed E-state index contributed by atoms with van der Waals surface area (Å²) in [6, 6.07) is 0. The second-order valence-electron chi connectivity index (χ2n) is 3.23. The minimum atomic E-state index is 0.792. The summed E-state index contributed by atoms with van der Waals surface area (Å²) in [6.45, 7) is 9.63. The molecule has 0 aromatic carbocycles. The molecule has 0 heterocycles. The lowest BCUT2D eigenvalue weighted by molar-refractivity contribution is 0.145. The molecule has 0 bridgehead atoms. The summed E-state index contributed by atoms with van der Waals surface area (Å²) in [4.78, 5) is 0.